The van der Waals surface area contributed by atoms with Gasteiger partial charge < -0.3 is 14.7 Å². The summed E-state index contributed by atoms with van der Waals surface area (Å²) in [7, 11) is 1.57. The lowest BCUT2D eigenvalue weighted by Crippen LogP contribution is -2.48. The van der Waals surface area contributed by atoms with E-state index in [1.54, 1.807) is 24.1 Å². The minimum atomic E-state index is -0.665. The van der Waals surface area contributed by atoms with Gasteiger partial charge in [0.25, 0.3) is 17.7 Å². The molecule has 0 spiro atoms. The summed E-state index contributed by atoms with van der Waals surface area (Å²) >= 11 is 0. The molecule has 2 aliphatic rings. The number of imide groups is 1. The van der Waals surface area contributed by atoms with Crippen molar-refractivity contribution >= 4 is 17.7 Å². The summed E-state index contributed by atoms with van der Waals surface area (Å²) in [6, 6.07) is 4.61. The number of aliphatic hydroxyl groups excluding tert-OH is 1. The Labute approximate surface area is 152 Å². The number of benzene rings is 1. The van der Waals surface area contributed by atoms with Gasteiger partial charge >= 0.3 is 0 Å². The Balaban J connectivity index is 1.84. The highest BCUT2D eigenvalue weighted by molar-refractivity contribution is 6.22. The third kappa shape index (κ3) is 2.91. The molecule has 140 valence electrons. The fraction of sp³-hybridized carbons (Fsp3) is 0.526. The lowest BCUT2D eigenvalue weighted by atomic mass is 9.97. The van der Waals surface area contributed by atoms with Gasteiger partial charge in [-0.25, -0.2) is 0 Å². The van der Waals surface area contributed by atoms with E-state index in [0.717, 1.165) is 0 Å². The summed E-state index contributed by atoms with van der Waals surface area (Å²) in [6.45, 7) is 4.85. The van der Waals surface area contributed by atoms with Crippen molar-refractivity contribution in [2.45, 2.75) is 38.3 Å². The van der Waals surface area contributed by atoms with Crippen molar-refractivity contribution in [3.05, 3.63) is 34.9 Å². The van der Waals surface area contributed by atoms with Gasteiger partial charge in [-0.1, -0.05) is 0 Å². The highest BCUT2D eigenvalue weighted by atomic mass is 16.5. The summed E-state index contributed by atoms with van der Waals surface area (Å²) in [4.78, 5) is 40.7. The van der Waals surface area contributed by atoms with E-state index in [4.69, 9.17) is 4.74 Å². The molecule has 0 aromatic heterocycles. The molecule has 1 unspecified atom stereocenters. The van der Waals surface area contributed by atoms with E-state index in [2.05, 4.69) is 0 Å². The zero-order valence-electron chi connectivity index (χ0n) is 15.3. The van der Waals surface area contributed by atoms with Crippen LogP contribution >= 0.6 is 0 Å². The summed E-state index contributed by atoms with van der Waals surface area (Å²) in [6.07, 6.45) is 0.502. The maximum atomic E-state index is 12.9. The fourth-order valence-corrected chi connectivity index (χ4v) is 3.59. The largest absolute Gasteiger partial charge is 0.391 e. The molecule has 1 fully saturated rings. The molecule has 1 N–H and O–H groups in total. The van der Waals surface area contributed by atoms with E-state index < -0.39 is 11.6 Å². The number of hydrogen-bond acceptors (Lipinski definition) is 5. The monoisotopic (exact) mass is 360 g/mol. The topological polar surface area (TPSA) is 87.2 Å². The molecule has 1 aromatic rings. The second-order valence-electron chi connectivity index (χ2n) is 7.28. The quantitative estimate of drug-likeness (QED) is 0.632. The molecule has 1 saturated heterocycles. The van der Waals surface area contributed by atoms with Crippen LogP contribution in [0.1, 0.15) is 57.8 Å². The Morgan fingerprint density at radius 1 is 1.27 bits per heavy atom. The van der Waals surface area contributed by atoms with Crippen LogP contribution in [-0.4, -0.2) is 71.1 Å². The molecule has 2 heterocycles. The van der Waals surface area contributed by atoms with E-state index in [9.17, 15) is 19.5 Å². The number of likely N-dealkylation sites (tertiary alicyclic amines) is 1. The van der Waals surface area contributed by atoms with Crippen LogP contribution < -0.4 is 0 Å². The summed E-state index contributed by atoms with van der Waals surface area (Å²) < 4.78 is 4.97. The van der Waals surface area contributed by atoms with Crippen LogP contribution in [0.2, 0.25) is 0 Å². The predicted molar refractivity (Wildman–Crippen MR) is 94.0 cm³/mol. The number of amides is 3. The van der Waals surface area contributed by atoms with Crippen LogP contribution in [0.15, 0.2) is 18.2 Å². The van der Waals surface area contributed by atoms with Crippen molar-refractivity contribution in [1.82, 2.24) is 9.80 Å². The van der Waals surface area contributed by atoms with Crippen LogP contribution in [-0.2, 0) is 4.74 Å². The van der Waals surface area contributed by atoms with Crippen molar-refractivity contribution in [3.63, 3.8) is 0 Å². The normalized spacial score (nSPS) is 21.5. The molecule has 0 bridgehead atoms. The van der Waals surface area contributed by atoms with E-state index in [0.29, 0.717) is 37.1 Å². The molecule has 3 rings (SSSR count). The molecular formula is C19H24N2O5. The first kappa shape index (κ1) is 18.5. The molecule has 0 aliphatic carbocycles. The Morgan fingerprint density at radius 3 is 2.58 bits per heavy atom. The zero-order chi connectivity index (χ0) is 19.1. The van der Waals surface area contributed by atoms with Crippen LogP contribution in [0.25, 0.3) is 0 Å². The van der Waals surface area contributed by atoms with Gasteiger partial charge in [-0.2, -0.15) is 0 Å². The SMILES string of the molecule is COCCCN1C(=O)c2ccc(C(=O)N3CCC(O)C3(C)C)cc2C1=O. The van der Waals surface area contributed by atoms with Crippen LogP contribution in [0, 0.1) is 0 Å². The maximum Gasteiger partial charge on any atom is 0.261 e. The molecular weight excluding hydrogens is 336 g/mol. The third-order valence-corrected chi connectivity index (χ3v) is 5.33. The van der Waals surface area contributed by atoms with Gasteiger partial charge in [-0.05, 0) is 44.9 Å². The second kappa shape index (κ2) is 6.81. The van der Waals surface area contributed by atoms with Crippen molar-refractivity contribution in [2.24, 2.45) is 0 Å². The summed E-state index contributed by atoms with van der Waals surface area (Å²) in [5.74, 6) is -0.957. The second-order valence-corrected chi connectivity index (χ2v) is 7.28. The van der Waals surface area contributed by atoms with Gasteiger partial charge in [0.1, 0.15) is 0 Å². The van der Waals surface area contributed by atoms with Gasteiger partial charge in [-0.15, -0.1) is 0 Å². The molecule has 7 heteroatoms. The Morgan fingerprint density at radius 2 is 1.96 bits per heavy atom. The van der Waals surface area contributed by atoms with Gasteiger partial charge in [0, 0.05) is 32.4 Å². The van der Waals surface area contributed by atoms with Crippen LogP contribution in [0.3, 0.4) is 0 Å². The lowest BCUT2D eigenvalue weighted by molar-refractivity contribution is 0.0394. The van der Waals surface area contributed by atoms with Crippen LogP contribution in [0.4, 0.5) is 0 Å². The van der Waals surface area contributed by atoms with Crippen molar-refractivity contribution in [3.8, 4) is 0 Å². The molecule has 1 aromatic carbocycles. The number of carbonyl (C=O) groups excluding carboxylic acids is 3. The summed E-state index contributed by atoms with van der Waals surface area (Å²) in [5.41, 5.74) is 0.272. The Hall–Kier alpha value is -2.25. The maximum absolute atomic E-state index is 12.9. The molecule has 7 nitrogen and oxygen atoms in total. The number of hydrogen-bond donors (Lipinski definition) is 1. The molecule has 26 heavy (non-hydrogen) atoms. The number of aliphatic hydroxyl groups is 1. The Kier molecular flexibility index (Phi) is 4.86. The van der Waals surface area contributed by atoms with Gasteiger partial charge in [0.15, 0.2) is 0 Å². The summed E-state index contributed by atoms with van der Waals surface area (Å²) in [5, 5.41) is 10.1. The number of methoxy groups -OCH3 is 1. The minimum absolute atomic E-state index is 0.243. The van der Waals surface area contributed by atoms with Gasteiger partial charge in [-0.3, -0.25) is 19.3 Å². The third-order valence-electron chi connectivity index (χ3n) is 5.33. The zero-order valence-corrected chi connectivity index (χ0v) is 15.3. The molecule has 2 aliphatic heterocycles. The number of nitrogens with zero attached hydrogens (tertiary/aromatic N) is 2. The molecule has 1 atom stereocenters. The van der Waals surface area contributed by atoms with E-state index >= 15 is 0 Å². The van der Waals surface area contributed by atoms with Gasteiger partial charge in [0.05, 0.1) is 22.8 Å². The van der Waals surface area contributed by atoms with Crippen molar-refractivity contribution in [1.29, 1.82) is 0 Å². The predicted octanol–water partition coefficient (Wildman–Crippen LogP) is 1.30. The number of rotatable bonds is 5. The molecule has 0 saturated carbocycles. The highest BCUT2D eigenvalue weighted by Crippen LogP contribution is 2.31. The number of carbonyl (C=O) groups is 3. The average molecular weight is 360 g/mol. The standard InChI is InChI=1S/C19H24N2O5/c1-19(2)15(22)7-9-21(19)16(23)12-5-6-13-14(11-12)18(25)20(17(13)24)8-4-10-26-3/h5-6,11,15,22H,4,7-10H2,1-3H3. The Bertz CT molecular complexity index is 758. The first-order chi connectivity index (χ1) is 12.3. The van der Waals surface area contributed by atoms with E-state index in [-0.39, 0.29) is 29.8 Å². The fourth-order valence-electron chi connectivity index (χ4n) is 3.59. The average Bonchev–Trinajstić information content (AvgIpc) is 3.02. The molecule has 3 amide bonds. The number of ether oxygens (including phenoxy) is 1. The van der Waals surface area contributed by atoms with E-state index in [1.165, 1.54) is 11.0 Å². The van der Waals surface area contributed by atoms with Crippen molar-refractivity contribution in [2.75, 3.05) is 26.8 Å². The van der Waals surface area contributed by atoms with Crippen molar-refractivity contribution < 1.29 is 24.2 Å². The van der Waals surface area contributed by atoms with Gasteiger partial charge in [0.2, 0.25) is 0 Å². The lowest BCUT2D eigenvalue weighted by Gasteiger charge is -2.33. The molecule has 0 radical (unpaired) electrons. The first-order valence-electron chi connectivity index (χ1n) is 8.78. The number of fused-ring (bicyclic) bond motifs is 1. The first-order valence-corrected chi connectivity index (χ1v) is 8.78. The van der Waals surface area contributed by atoms with E-state index in [1.807, 2.05) is 13.8 Å². The van der Waals surface area contributed by atoms with Crippen LogP contribution in [0.5, 0.6) is 0 Å². The highest BCUT2D eigenvalue weighted by Gasteiger charge is 2.43. The minimum Gasteiger partial charge on any atom is -0.391 e. The smallest absolute Gasteiger partial charge is 0.261 e.